The van der Waals surface area contributed by atoms with Gasteiger partial charge in [-0.15, -0.1) is 0 Å². The number of aromatic nitrogens is 1. The molecule has 2 aliphatic carbocycles. The van der Waals surface area contributed by atoms with Gasteiger partial charge in [0, 0.05) is 35.8 Å². The number of nitrogens with zero attached hydrogens (tertiary/aromatic N) is 2. The van der Waals surface area contributed by atoms with E-state index in [4.69, 9.17) is 26.8 Å². The number of halogens is 1. The molecule has 3 aromatic rings. The van der Waals surface area contributed by atoms with Gasteiger partial charge in [-0.2, -0.15) is 0 Å². The van der Waals surface area contributed by atoms with E-state index in [0.717, 1.165) is 30.6 Å². The number of hydrogen-bond donors (Lipinski definition) is 3. The molecule has 5 rings (SSSR count). The molecule has 0 radical (unpaired) electrons. The number of nitrogens with two attached hydrogens (primary N) is 1. The number of pyridine rings is 1. The van der Waals surface area contributed by atoms with E-state index < -0.39 is 18.0 Å². The molecule has 0 saturated heterocycles. The number of carbonyl (C=O) groups excluding carboxylic acids is 3. The third-order valence-electron chi connectivity index (χ3n) is 5.89. The number of anilines is 1. The number of primary amides is 1. The lowest BCUT2D eigenvalue weighted by Gasteiger charge is -2.23. The first kappa shape index (κ1) is 23.7. The van der Waals surface area contributed by atoms with Crippen LogP contribution in [-0.4, -0.2) is 42.1 Å². The number of methoxy groups -OCH3 is 1. The lowest BCUT2D eigenvalue weighted by Crippen LogP contribution is -2.50. The van der Waals surface area contributed by atoms with Gasteiger partial charge in [-0.05, 0) is 49.9 Å². The fourth-order valence-corrected chi connectivity index (χ4v) is 3.96. The Morgan fingerprint density at radius 1 is 1.00 bits per heavy atom. The zero-order valence-electron chi connectivity index (χ0n) is 19.4. The van der Waals surface area contributed by atoms with Crippen LogP contribution >= 0.6 is 11.6 Å². The highest BCUT2D eigenvalue weighted by atomic mass is 35.5. The maximum absolute atomic E-state index is 12.9. The van der Waals surface area contributed by atoms with Gasteiger partial charge in [0.05, 0.1) is 28.9 Å². The van der Waals surface area contributed by atoms with Crippen LogP contribution < -0.4 is 30.7 Å². The number of amides is 5. The molecular formula is C25H24ClN5O5. The van der Waals surface area contributed by atoms with Crippen molar-refractivity contribution in [3.05, 3.63) is 53.2 Å². The number of urea groups is 2. The second-order valence-corrected chi connectivity index (χ2v) is 9.15. The predicted octanol–water partition coefficient (Wildman–Crippen LogP) is 4.34. The van der Waals surface area contributed by atoms with E-state index in [9.17, 15) is 14.4 Å². The van der Waals surface area contributed by atoms with Crippen LogP contribution in [0.25, 0.3) is 10.9 Å². The van der Waals surface area contributed by atoms with Crippen LogP contribution in [0, 0.1) is 0 Å². The fourth-order valence-electron chi connectivity index (χ4n) is 3.70. The van der Waals surface area contributed by atoms with Gasteiger partial charge in [0.2, 0.25) is 0 Å². The SMILES string of the molecule is COc1cc2nccc(Oc3ccc(N(C(=O)NC4CC4)C(=O)NC4CC4)c(Cl)c3)c2cc1C(N)=O. The van der Waals surface area contributed by atoms with Crippen LogP contribution in [0.3, 0.4) is 0 Å². The topological polar surface area (TPSA) is 136 Å². The highest BCUT2D eigenvalue weighted by Gasteiger charge is 2.34. The van der Waals surface area contributed by atoms with Crippen molar-refractivity contribution in [1.82, 2.24) is 15.6 Å². The number of hydrogen-bond acceptors (Lipinski definition) is 6. The lowest BCUT2D eigenvalue weighted by molar-refractivity contribution is 0.0997. The Morgan fingerprint density at radius 3 is 2.22 bits per heavy atom. The number of imide groups is 1. The zero-order chi connectivity index (χ0) is 25.4. The Kier molecular flexibility index (Phi) is 6.27. The average molecular weight is 510 g/mol. The molecule has 0 spiro atoms. The standard InChI is InChI=1S/C25H24ClN5O5/c1-35-22-12-19-16(11-17(22)23(27)32)21(8-9-28-19)36-15-6-7-20(18(26)10-15)31(24(33)29-13-2-3-13)25(34)30-14-4-5-14/h6-14H,2-5H2,1H3,(H2,27,32)(H,29,33)(H,30,34). The minimum atomic E-state index is -0.648. The van der Waals surface area contributed by atoms with Crippen LogP contribution in [0.2, 0.25) is 5.02 Å². The second-order valence-electron chi connectivity index (χ2n) is 8.74. The van der Waals surface area contributed by atoms with Gasteiger partial charge >= 0.3 is 12.1 Å². The maximum Gasteiger partial charge on any atom is 0.330 e. The van der Waals surface area contributed by atoms with Gasteiger partial charge in [-0.3, -0.25) is 9.78 Å². The molecule has 36 heavy (non-hydrogen) atoms. The molecule has 2 fully saturated rings. The first-order chi connectivity index (χ1) is 17.3. The molecule has 186 valence electrons. The monoisotopic (exact) mass is 509 g/mol. The number of rotatable bonds is 7. The number of carbonyl (C=O) groups is 3. The van der Waals surface area contributed by atoms with Crippen molar-refractivity contribution in [2.75, 3.05) is 12.0 Å². The number of ether oxygens (including phenoxy) is 2. The summed E-state index contributed by atoms with van der Waals surface area (Å²) in [6.45, 7) is 0. The van der Waals surface area contributed by atoms with Crippen molar-refractivity contribution in [3.8, 4) is 17.2 Å². The molecule has 5 amide bonds. The molecular weight excluding hydrogens is 486 g/mol. The van der Waals surface area contributed by atoms with E-state index in [-0.39, 0.29) is 28.4 Å². The molecule has 2 aromatic carbocycles. The van der Waals surface area contributed by atoms with Crippen molar-refractivity contribution < 1.29 is 23.9 Å². The summed E-state index contributed by atoms with van der Waals surface area (Å²) in [6.07, 6.45) is 5.09. The van der Waals surface area contributed by atoms with Gasteiger partial charge in [0.25, 0.3) is 5.91 Å². The van der Waals surface area contributed by atoms with Gasteiger partial charge in [0.1, 0.15) is 17.2 Å². The number of benzene rings is 2. The van der Waals surface area contributed by atoms with Crippen molar-refractivity contribution in [2.24, 2.45) is 5.73 Å². The molecule has 1 aromatic heterocycles. The molecule has 0 aliphatic heterocycles. The quantitative estimate of drug-likeness (QED) is 0.433. The normalized spacial score (nSPS) is 14.7. The molecule has 2 aliphatic rings. The van der Waals surface area contributed by atoms with Crippen molar-refractivity contribution >= 4 is 46.2 Å². The first-order valence-corrected chi connectivity index (χ1v) is 11.9. The summed E-state index contributed by atoms with van der Waals surface area (Å²) in [5.74, 6) is 0.424. The van der Waals surface area contributed by atoms with Crippen LogP contribution in [0.4, 0.5) is 15.3 Å². The van der Waals surface area contributed by atoms with Crippen LogP contribution in [0.1, 0.15) is 36.0 Å². The lowest BCUT2D eigenvalue weighted by atomic mass is 10.1. The maximum atomic E-state index is 12.9. The molecule has 0 unspecified atom stereocenters. The van der Waals surface area contributed by atoms with E-state index in [1.54, 1.807) is 36.5 Å². The van der Waals surface area contributed by atoms with Crippen molar-refractivity contribution in [2.45, 2.75) is 37.8 Å². The third-order valence-corrected chi connectivity index (χ3v) is 6.19. The number of nitrogens with one attached hydrogen (secondary N) is 2. The Bertz CT molecular complexity index is 1350. The van der Waals surface area contributed by atoms with E-state index in [1.165, 1.54) is 13.2 Å². The van der Waals surface area contributed by atoms with E-state index >= 15 is 0 Å². The van der Waals surface area contributed by atoms with Gasteiger partial charge < -0.3 is 25.8 Å². The molecule has 0 bridgehead atoms. The molecule has 2 saturated carbocycles. The summed E-state index contributed by atoms with van der Waals surface area (Å²) in [4.78, 5) is 42.9. The predicted molar refractivity (Wildman–Crippen MR) is 134 cm³/mol. The molecule has 1 heterocycles. The minimum absolute atomic E-state index is 0.0685. The molecule has 4 N–H and O–H groups in total. The summed E-state index contributed by atoms with van der Waals surface area (Å²) >= 11 is 6.54. The molecule has 10 nitrogen and oxygen atoms in total. The summed E-state index contributed by atoms with van der Waals surface area (Å²) in [6, 6.07) is 8.56. The Labute approximate surface area is 211 Å². The van der Waals surface area contributed by atoms with Crippen molar-refractivity contribution in [3.63, 3.8) is 0 Å². The fraction of sp³-hybridized carbons (Fsp3) is 0.280. The second kappa shape index (κ2) is 9.54. The van der Waals surface area contributed by atoms with Crippen LogP contribution in [0.5, 0.6) is 17.2 Å². The Balaban J connectivity index is 1.45. The van der Waals surface area contributed by atoms with Crippen LogP contribution in [-0.2, 0) is 0 Å². The van der Waals surface area contributed by atoms with Gasteiger partial charge in [0.15, 0.2) is 0 Å². The van der Waals surface area contributed by atoms with Gasteiger partial charge in [-0.1, -0.05) is 11.6 Å². The van der Waals surface area contributed by atoms with Gasteiger partial charge in [-0.25, -0.2) is 14.5 Å². The molecule has 0 atom stereocenters. The zero-order valence-corrected chi connectivity index (χ0v) is 20.2. The first-order valence-electron chi connectivity index (χ1n) is 11.5. The van der Waals surface area contributed by atoms with Crippen molar-refractivity contribution in [1.29, 1.82) is 0 Å². The van der Waals surface area contributed by atoms with E-state index in [1.807, 2.05) is 0 Å². The summed E-state index contributed by atoms with van der Waals surface area (Å²) in [5, 5.41) is 6.37. The number of fused-ring (bicyclic) bond motifs is 1. The highest BCUT2D eigenvalue weighted by Crippen LogP contribution is 2.36. The average Bonchev–Trinajstić information content (AvgIpc) is 3.78. The van der Waals surface area contributed by atoms with E-state index in [0.29, 0.717) is 28.2 Å². The Morgan fingerprint density at radius 2 is 1.67 bits per heavy atom. The summed E-state index contributed by atoms with van der Waals surface area (Å²) in [5.41, 5.74) is 6.46. The molecule has 11 heteroatoms. The highest BCUT2D eigenvalue weighted by molar-refractivity contribution is 6.35. The largest absolute Gasteiger partial charge is 0.496 e. The Hall–Kier alpha value is -4.05. The summed E-state index contributed by atoms with van der Waals surface area (Å²) in [7, 11) is 1.44. The van der Waals surface area contributed by atoms with E-state index in [2.05, 4.69) is 15.6 Å². The summed E-state index contributed by atoms with van der Waals surface area (Å²) < 4.78 is 11.3. The third kappa shape index (κ3) is 4.99. The minimum Gasteiger partial charge on any atom is -0.496 e. The smallest absolute Gasteiger partial charge is 0.330 e. The van der Waals surface area contributed by atoms with Crippen LogP contribution in [0.15, 0.2) is 42.6 Å².